The van der Waals surface area contributed by atoms with Crippen LogP contribution in [0.25, 0.3) is 0 Å². The van der Waals surface area contributed by atoms with Crippen LogP contribution in [0.2, 0.25) is 0 Å². The van der Waals surface area contributed by atoms with E-state index >= 15 is 0 Å². The van der Waals surface area contributed by atoms with Gasteiger partial charge in [-0.1, -0.05) is 12.1 Å². The number of rotatable bonds is 4. The van der Waals surface area contributed by atoms with E-state index in [1.807, 2.05) is 6.92 Å². The summed E-state index contributed by atoms with van der Waals surface area (Å²) in [5.41, 5.74) is 0.870. The summed E-state index contributed by atoms with van der Waals surface area (Å²) in [4.78, 5) is 14.8. The van der Waals surface area contributed by atoms with Gasteiger partial charge in [-0.3, -0.25) is 9.52 Å². The fraction of sp³-hybridized carbons (Fsp3) is 0.545. The Morgan fingerprint density at radius 2 is 2.00 bits per heavy atom. The molecule has 2 heterocycles. The van der Waals surface area contributed by atoms with Crippen LogP contribution in [0.5, 0.6) is 5.75 Å². The Hall–Kier alpha value is -2.63. The number of aryl methyl sites for hydroxylation is 2. The number of fused-ring (bicyclic) bond motifs is 1. The minimum atomic E-state index is -3.94. The second-order valence-electron chi connectivity index (χ2n) is 8.53. The molecule has 0 fully saturated rings. The van der Waals surface area contributed by atoms with Gasteiger partial charge >= 0.3 is 0 Å². The van der Waals surface area contributed by atoms with Crippen LogP contribution in [0, 0.1) is 19.8 Å². The Bertz CT molecular complexity index is 1080. The summed E-state index contributed by atoms with van der Waals surface area (Å²) in [5.74, 6) is 0.441. The van der Waals surface area contributed by atoms with E-state index in [0.717, 1.165) is 0 Å². The van der Waals surface area contributed by atoms with Gasteiger partial charge in [0.2, 0.25) is 0 Å². The molecule has 11 heteroatoms. The van der Waals surface area contributed by atoms with Crippen molar-refractivity contribution in [2.45, 2.75) is 44.7 Å². The normalized spacial score (nSPS) is 22.7. The van der Waals surface area contributed by atoms with Crippen molar-refractivity contribution in [3.8, 4) is 5.75 Å². The van der Waals surface area contributed by atoms with Gasteiger partial charge in [0.1, 0.15) is 18.1 Å². The lowest BCUT2D eigenvalue weighted by molar-refractivity contribution is 0.0281. The number of nitrogens with zero attached hydrogens (tertiary/aromatic N) is 2. The zero-order valence-electron chi connectivity index (χ0n) is 19.8. The van der Waals surface area contributed by atoms with Gasteiger partial charge in [0, 0.05) is 39.4 Å². The van der Waals surface area contributed by atoms with Crippen LogP contribution in [0.3, 0.4) is 0 Å². The van der Waals surface area contributed by atoms with E-state index in [2.05, 4.69) is 22.1 Å². The number of amides is 1. The first-order valence-electron chi connectivity index (χ1n) is 10.8. The van der Waals surface area contributed by atoms with E-state index in [0.29, 0.717) is 31.0 Å². The van der Waals surface area contributed by atoms with E-state index < -0.39 is 10.0 Å². The van der Waals surface area contributed by atoms with Gasteiger partial charge in [0.15, 0.2) is 10.7 Å². The molecule has 33 heavy (non-hydrogen) atoms. The summed E-state index contributed by atoms with van der Waals surface area (Å²) in [6.45, 7) is 8.56. The van der Waals surface area contributed by atoms with Gasteiger partial charge in [0.05, 0.1) is 17.4 Å². The molecule has 0 saturated heterocycles. The minimum Gasteiger partial charge on any atom is -0.491 e. The van der Waals surface area contributed by atoms with Crippen LogP contribution >= 0.6 is 0 Å². The third-order valence-corrected chi connectivity index (χ3v) is 7.34. The van der Waals surface area contributed by atoms with E-state index in [9.17, 15) is 13.2 Å². The molecule has 3 rings (SSSR count). The smallest absolute Gasteiger partial charge is 0.267 e. The second kappa shape index (κ2) is 10.1. The molecule has 1 aromatic heterocycles. The van der Waals surface area contributed by atoms with Gasteiger partial charge in [0.25, 0.3) is 15.9 Å². The van der Waals surface area contributed by atoms with Crippen LogP contribution < -0.4 is 14.8 Å². The number of likely N-dealkylation sites (N-methyl/N-ethyl adjacent to an activating group) is 1. The first kappa shape index (κ1) is 25.0. The van der Waals surface area contributed by atoms with E-state index in [4.69, 9.17) is 14.0 Å². The van der Waals surface area contributed by atoms with Crippen molar-refractivity contribution in [1.82, 2.24) is 15.4 Å². The van der Waals surface area contributed by atoms with E-state index in [1.54, 1.807) is 32.0 Å². The lowest BCUT2D eigenvalue weighted by Gasteiger charge is -2.30. The summed E-state index contributed by atoms with van der Waals surface area (Å²) in [7, 11) is -0.585. The number of carbonyl (C=O) groups is 1. The molecule has 1 aliphatic heterocycles. The Morgan fingerprint density at radius 3 is 2.64 bits per heavy atom. The second-order valence-corrected chi connectivity index (χ2v) is 10.1. The average Bonchev–Trinajstić information content (AvgIpc) is 3.11. The van der Waals surface area contributed by atoms with Crippen molar-refractivity contribution in [2.24, 2.45) is 5.92 Å². The highest BCUT2D eigenvalue weighted by Crippen LogP contribution is 2.28. The van der Waals surface area contributed by atoms with Crippen molar-refractivity contribution >= 4 is 21.6 Å². The maximum atomic E-state index is 13.2. The standard InChI is InChI=1S/C22H32N4O6S/c1-13-10-23-14(2)12-31-19-9-17(25-33(28,29)21-15(3)24-32-16(21)4)7-8-18(19)22(27)26(5)11-20(13)30-6/h7-9,13-14,20,23,25H,10-12H2,1-6H3/t13-,14+,20-/m1/s1. The van der Waals surface area contributed by atoms with Gasteiger partial charge in [-0.05, 0) is 38.8 Å². The molecule has 10 nitrogen and oxygen atoms in total. The van der Waals surface area contributed by atoms with E-state index in [1.165, 1.54) is 19.1 Å². The number of ether oxygens (including phenoxy) is 2. The van der Waals surface area contributed by atoms with Gasteiger partial charge in [-0.25, -0.2) is 8.42 Å². The highest BCUT2D eigenvalue weighted by atomic mass is 32.2. The largest absolute Gasteiger partial charge is 0.491 e. The molecular formula is C22H32N4O6S. The van der Waals surface area contributed by atoms with Gasteiger partial charge in [-0.2, -0.15) is 0 Å². The third-order valence-electron chi connectivity index (χ3n) is 5.72. The molecule has 0 radical (unpaired) electrons. The molecular weight excluding hydrogens is 448 g/mol. The van der Waals surface area contributed by atoms with Crippen molar-refractivity contribution in [3.63, 3.8) is 0 Å². The number of anilines is 1. The summed E-state index contributed by atoms with van der Waals surface area (Å²) >= 11 is 0. The van der Waals surface area contributed by atoms with Crippen LogP contribution in [0.4, 0.5) is 5.69 Å². The Labute approximate surface area is 194 Å². The van der Waals surface area contributed by atoms with Gasteiger partial charge < -0.3 is 24.2 Å². The molecule has 2 aromatic rings. The van der Waals surface area contributed by atoms with E-state index in [-0.39, 0.29) is 46.0 Å². The summed E-state index contributed by atoms with van der Waals surface area (Å²) in [6, 6.07) is 4.63. The number of sulfonamides is 1. The van der Waals surface area contributed by atoms with Crippen molar-refractivity contribution in [3.05, 3.63) is 35.2 Å². The van der Waals surface area contributed by atoms with Crippen LogP contribution in [-0.2, 0) is 14.8 Å². The van der Waals surface area contributed by atoms with Gasteiger partial charge in [-0.15, -0.1) is 0 Å². The number of carbonyl (C=O) groups excluding carboxylic acids is 1. The predicted molar refractivity (Wildman–Crippen MR) is 123 cm³/mol. The highest BCUT2D eigenvalue weighted by Gasteiger charge is 2.27. The number of hydrogen-bond acceptors (Lipinski definition) is 8. The number of nitrogens with one attached hydrogen (secondary N) is 2. The summed E-state index contributed by atoms with van der Waals surface area (Å²) < 4.78 is 44.9. The minimum absolute atomic E-state index is 0.00714. The fourth-order valence-electron chi connectivity index (χ4n) is 3.78. The molecule has 0 saturated carbocycles. The number of methoxy groups -OCH3 is 1. The lowest BCUT2D eigenvalue weighted by atomic mass is 10.0. The number of benzene rings is 1. The van der Waals surface area contributed by atoms with Crippen molar-refractivity contribution in [1.29, 1.82) is 0 Å². The number of hydrogen-bond donors (Lipinski definition) is 2. The quantitative estimate of drug-likeness (QED) is 0.683. The Morgan fingerprint density at radius 1 is 1.27 bits per heavy atom. The maximum absolute atomic E-state index is 13.2. The van der Waals surface area contributed by atoms with Crippen LogP contribution in [0.15, 0.2) is 27.6 Å². The van der Waals surface area contributed by atoms with Crippen molar-refractivity contribution < 1.29 is 27.2 Å². The SMILES string of the molecule is CO[C@@H]1CN(C)C(=O)c2ccc(NS(=O)(=O)c3c(C)noc3C)cc2OC[C@H](C)NC[C@H]1C. The van der Waals surface area contributed by atoms with Crippen LogP contribution in [-0.4, -0.2) is 70.4 Å². The summed E-state index contributed by atoms with van der Waals surface area (Å²) in [6.07, 6.45) is -0.136. The molecule has 1 amide bonds. The first-order chi connectivity index (χ1) is 15.5. The third kappa shape index (κ3) is 5.66. The maximum Gasteiger partial charge on any atom is 0.267 e. The van der Waals surface area contributed by atoms with Crippen molar-refractivity contribution in [2.75, 3.05) is 38.6 Å². The van der Waals surface area contributed by atoms with Crippen LogP contribution in [0.1, 0.15) is 35.7 Å². The fourth-order valence-corrected chi connectivity index (χ4v) is 5.17. The first-order valence-corrected chi connectivity index (χ1v) is 12.3. The molecule has 0 spiro atoms. The lowest BCUT2D eigenvalue weighted by Crippen LogP contribution is -2.44. The molecule has 1 aromatic carbocycles. The predicted octanol–water partition coefficient (Wildman–Crippen LogP) is 2.19. The molecule has 2 N–H and O–H groups in total. The molecule has 0 unspecified atom stereocenters. The monoisotopic (exact) mass is 480 g/mol. The molecule has 182 valence electrons. The molecule has 1 aliphatic rings. The topological polar surface area (TPSA) is 123 Å². The number of aromatic nitrogens is 1. The zero-order chi connectivity index (χ0) is 24.3. The Kier molecular flexibility index (Phi) is 7.65. The summed E-state index contributed by atoms with van der Waals surface area (Å²) in [5, 5.41) is 7.13. The molecule has 0 bridgehead atoms. The zero-order valence-corrected chi connectivity index (χ0v) is 20.7. The molecule has 3 atom stereocenters. The Balaban J connectivity index is 1.94. The average molecular weight is 481 g/mol. The molecule has 0 aliphatic carbocycles. The highest BCUT2D eigenvalue weighted by molar-refractivity contribution is 7.92.